The minimum absolute atomic E-state index is 0.953. The van der Waals surface area contributed by atoms with Gasteiger partial charge in [0.15, 0.2) is 0 Å². The van der Waals surface area contributed by atoms with Crippen molar-refractivity contribution in [3.63, 3.8) is 0 Å². The molecule has 0 unspecified atom stereocenters. The smallest absolute Gasteiger partial charge is 0.0804 e. The molecule has 9 aromatic rings. The molecule has 0 atom stereocenters. The molecule has 3 N–H and O–H groups in total. The molecule has 0 fully saturated rings. The van der Waals surface area contributed by atoms with Gasteiger partial charge in [0.25, 0.3) is 0 Å². The van der Waals surface area contributed by atoms with Crippen molar-refractivity contribution in [2.75, 3.05) is 20.9 Å². The molecule has 9 aromatic carbocycles. The molecule has 0 aliphatic rings. The predicted octanol–water partition coefficient (Wildman–Crippen LogP) is 15.8. The zero-order chi connectivity index (χ0) is 40.1. The molecule has 0 aromatic heterocycles. The number of aryl methyl sites for hydroxylation is 2. The number of nitrogens with one attached hydrogen (secondary N) is 3. The Bertz CT molecular complexity index is 2830. The molecule has 4 nitrogen and oxygen atoms in total. The van der Waals surface area contributed by atoms with Crippen LogP contribution in [-0.4, -0.2) is 0 Å². The number of benzene rings is 9. The molecule has 0 radical (unpaired) electrons. The first-order chi connectivity index (χ1) is 29.0. The summed E-state index contributed by atoms with van der Waals surface area (Å²) in [5.74, 6) is 0. The molecule has 0 aliphatic carbocycles. The Morgan fingerprint density at radius 2 is 0.780 bits per heavy atom. The lowest BCUT2D eigenvalue weighted by atomic mass is 9.89. The topological polar surface area (TPSA) is 39.3 Å². The molecule has 0 heterocycles. The second-order valence-corrected chi connectivity index (χ2v) is 14.9. The highest BCUT2D eigenvalue weighted by atomic mass is 15.2. The standard InChI is InChI=1S/C55H46N4/c1-38-23-20-36-48(40(38)3)57-52-50(42-25-8-4-9-26-42)54(56-47-35-19-16-22-39(47)2)55(59(44-30-12-6-13-31-44)45-32-14-7-15-33-45)51(43-27-10-5-11-28-43)53(52)58-49-37-21-29-41-24-17-18-34-46(41)49/h4-37,56-58H,1-3H3. The second-order valence-electron chi connectivity index (χ2n) is 14.9. The van der Waals surface area contributed by atoms with Crippen molar-refractivity contribution in [1.82, 2.24) is 0 Å². The first-order valence-electron chi connectivity index (χ1n) is 20.2. The van der Waals surface area contributed by atoms with Gasteiger partial charge in [-0.05, 0) is 96.4 Å². The van der Waals surface area contributed by atoms with Crippen LogP contribution < -0.4 is 20.9 Å². The Balaban J connectivity index is 1.52. The van der Waals surface area contributed by atoms with Gasteiger partial charge in [0.2, 0.25) is 0 Å². The van der Waals surface area contributed by atoms with Gasteiger partial charge in [0.05, 0.1) is 22.7 Å². The van der Waals surface area contributed by atoms with Gasteiger partial charge >= 0.3 is 0 Å². The van der Waals surface area contributed by atoms with Crippen LogP contribution in [0.25, 0.3) is 33.0 Å². The number of para-hydroxylation sites is 3. The summed E-state index contributed by atoms with van der Waals surface area (Å²) in [7, 11) is 0. The van der Waals surface area contributed by atoms with E-state index in [0.717, 1.165) is 84.4 Å². The highest BCUT2D eigenvalue weighted by Crippen LogP contribution is 2.58. The van der Waals surface area contributed by atoms with Gasteiger partial charge in [-0.1, -0.05) is 164 Å². The molecule has 9 rings (SSSR count). The molecular formula is C55H46N4. The Morgan fingerprint density at radius 3 is 1.44 bits per heavy atom. The predicted molar refractivity (Wildman–Crippen MR) is 253 cm³/mol. The quantitative estimate of drug-likeness (QED) is 0.123. The summed E-state index contributed by atoms with van der Waals surface area (Å²) in [6, 6.07) is 73.1. The van der Waals surface area contributed by atoms with Crippen LogP contribution in [0, 0.1) is 20.8 Å². The summed E-state index contributed by atoms with van der Waals surface area (Å²) < 4.78 is 0. The highest BCUT2D eigenvalue weighted by molar-refractivity contribution is 6.16. The lowest BCUT2D eigenvalue weighted by Gasteiger charge is -2.35. The Morgan fingerprint density at radius 1 is 0.339 bits per heavy atom. The van der Waals surface area contributed by atoms with Gasteiger partial charge in [0.1, 0.15) is 0 Å². The minimum atomic E-state index is 0.953. The maximum Gasteiger partial charge on any atom is 0.0804 e. The lowest BCUT2D eigenvalue weighted by Crippen LogP contribution is -2.16. The summed E-state index contributed by atoms with van der Waals surface area (Å²) in [4.78, 5) is 2.41. The summed E-state index contributed by atoms with van der Waals surface area (Å²) in [6.45, 7) is 6.54. The minimum Gasteiger partial charge on any atom is -0.353 e. The molecule has 0 aliphatic heterocycles. The number of rotatable bonds is 11. The van der Waals surface area contributed by atoms with Crippen LogP contribution in [0.3, 0.4) is 0 Å². The number of nitrogens with zero attached hydrogens (tertiary/aromatic N) is 1. The fourth-order valence-corrected chi connectivity index (χ4v) is 8.01. The van der Waals surface area contributed by atoms with Crippen molar-refractivity contribution in [3.05, 3.63) is 223 Å². The van der Waals surface area contributed by atoms with Crippen LogP contribution in [-0.2, 0) is 0 Å². The summed E-state index contributed by atoms with van der Waals surface area (Å²) in [5, 5.41) is 14.6. The number of anilines is 9. The van der Waals surface area contributed by atoms with E-state index >= 15 is 0 Å². The molecule has 0 bridgehead atoms. The van der Waals surface area contributed by atoms with Crippen LogP contribution >= 0.6 is 0 Å². The SMILES string of the molecule is Cc1ccccc1Nc1c(-c2ccccc2)c(Nc2cccc(C)c2C)c(Nc2cccc3ccccc23)c(-c2ccccc2)c1N(c1ccccc1)c1ccccc1. The van der Waals surface area contributed by atoms with Gasteiger partial charge in [-0.15, -0.1) is 0 Å². The van der Waals surface area contributed by atoms with E-state index in [1.165, 1.54) is 16.5 Å². The third-order valence-electron chi connectivity index (χ3n) is 11.2. The van der Waals surface area contributed by atoms with Crippen LogP contribution in [0.4, 0.5) is 51.2 Å². The summed E-state index contributed by atoms with van der Waals surface area (Å²) in [5.41, 5.74) is 16.8. The van der Waals surface area contributed by atoms with Crippen molar-refractivity contribution in [1.29, 1.82) is 0 Å². The first-order valence-corrected chi connectivity index (χ1v) is 20.2. The Kier molecular flexibility index (Phi) is 10.4. The van der Waals surface area contributed by atoms with Crippen molar-refractivity contribution in [3.8, 4) is 22.3 Å². The highest BCUT2D eigenvalue weighted by Gasteiger charge is 2.32. The fourth-order valence-electron chi connectivity index (χ4n) is 8.01. The fraction of sp³-hybridized carbons (Fsp3) is 0.0545. The van der Waals surface area contributed by atoms with Gasteiger partial charge in [0, 0.05) is 45.0 Å². The Labute approximate surface area is 347 Å². The van der Waals surface area contributed by atoms with E-state index in [-0.39, 0.29) is 0 Å². The van der Waals surface area contributed by atoms with Gasteiger partial charge in [-0.25, -0.2) is 0 Å². The lowest BCUT2D eigenvalue weighted by molar-refractivity contribution is 1.27. The van der Waals surface area contributed by atoms with E-state index in [2.05, 4.69) is 248 Å². The molecular weight excluding hydrogens is 717 g/mol. The van der Waals surface area contributed by atoms with E-state index in [1.54, 1.807) is 0 Å². The van der Waals surface area contributed by atoms with Gasteiger partial charge in [-0.3, -0.25) is 0 Å². The van der Waals surface area contributed by atoms with Crippen LogP contribution in [0.5, 0.6) is 0 Å². The number of hydrogen-bond acceptors (Lipinski definition) is 4. The average molecular weight is 763 g/mol. The molecule has 286 valence electrons. The second kappa shape index (κ2) is 16.5. The third kappa shape index (κ3) is 7.40. The maximum atomic E-state index is 4.13. The van der Waals surface area contributed by atoms with Crippen molar-refractivity contribution < 1.29 is 0 Å². The van der Waals surface area contributed by atoms with Crippen molar-refractivity contribution in [2.24, 2.45) is 0 Å². The monoisotopic (exact) mass is 762 g/mol. The zero-order valence-electron chi connectivity index (χ0n) is 33.6. The molecule has 0 saturated heterocycles. The van der Waals surface area contributed by atoms with Gasteiger partial charge in [-0.2, -0.15) is 0 Å². The summed E-state index contributed by atoms with van der Waals surface area (Å²) >= 11 is 0. The van der Waals surface area contributed by atoms with Crippen molar-refractivity contribution in [2.45, 2.75) is 20.8 Å². The normalized spacial score (nSPS) is 11.0. The van der Waals surface area contributed by atoms with E-state index < -0.39 is 0 Å². The average Bonchev–Trinajstić information content (AvgIpc) is 3.28. The molecule has 0 saturated carbocycles. The largest absolute Gasteiger partial charge is 0.353 e. The molecule has 59 heavy (non-hydrogen) atoms. The van der Waals surface area contributed by atoms with Crippen LogP contribution in [0.15, 0.2) is 206 Å². The van der Waals surface area contributed by atoms with E-state index in [1.807, 2.05) is 0 Å². The van der Waals surface area contributed by atoms with Crippen LogP contribution in [0.2, 0.25) is 0 Å². The first kappa shape index (κ1) is 37.0. The van der Waals surface area contributed by atoms with E-state index in [4.69, 9.17) is 0 Å². The maximum absolute atomic E-state index is 4.13. The van der Waals surface area contributed by atoms with Crippen LogP contribution in [0.1, 0.15) is 16.7 Å². The number of hydrogen-bond donors (Lipinski definition) is 3. The number of fused-ring (bicyclic) bond motifs is 1. The van der Waals surface area contributed by atoms with Crippen molar-refractivity contribution >= 4 is 62.0 Å². The Hall–Kier alpha value is -7.56. The van der Waals surface area contributed by atoms with Gasteiger partial charge < -0.3 is 20.9 Å². The zero-order valence-corrected chi connectivity index (χ0v) is 33.6. The summed E-state index contributed by atoms with van der Waals surface area (Å²) in [6.07, 6.45) is 0. The van der Waals surface area contributed by atoms with E-state index in [0.29, 0.717) is 0 Å². The molecule has 4 heteroatoms. The molecule has 0 spiro atoms. The molecule has 0 amide bonds. The van der Waals surface area contributed by atoms with E-state index in [9.17, 15) is 0 Å². The third-order valence-corrected chi connectivity index (χ3v) is 11.2.